The SMILES string of the molecule is CCCCC(NC(=O)c1c(C)n[nH]c1C)C(=O)O. The zero-order chi connectivity index (χ0) is 13.7. The molecule has 6 heteroatoms. The molecule has 0 radical (unpaired) electrons. The molecule has 18 heavy (non-hydrogen) atoms. The van der Waals surface area contributed by atoms with Crippen LogP contribution in [0, 0.1) is 13.8 Å². The molecule has 1 heterocycles. The summed E-state index contributed by atoms with van der Waals surface area (Å²) in [7, 11) is 0. The van der Waals surface area contributed by atoms with E-state index < -0.39 is 12.0 Å². The number of amides is 1. The molecule has 0 aliphatic rings. The van der Waals surface area contributed by atoms with Crippen LogP contribution in [0.1, 0.15) is 47.9 Å². The van der Waals surface area contributed by atoms with Crippen LogP contribution in [0.5, 0.6) is 0 Å². The predicted molar refractivity (Wildman–Crippen MR) is 66.5 cm³/mol. The Morgan fingerprint density at radius 1 is 1.44 bits per heavy atom. The number of carboxylic acids is 1. The van der Waals surface area contributed by atoms with Gasteiger partial charge in [0, 0.05) is 5.69 Å². The first-order valence-electron chi connectivity index (χ1n) is 6.02. The third kappa shape index (κ3) is 3.32. The average molecular weight is 253 g/mol. The lowest BCUT2D eigenvalue weighted by Gasteiger charge is -2.14. The van der Waals surface area contributed by atoms with Crippen molar-refractivity contribution in [1.82, 2.24) is 15.5 Å². The summed E-state index contributed by atoms with van der Waals surface area (Å²) in [5, 5.41) is 18.2. The van der Waals surface area contributed by atoms with E-state index in [9.17, 15) is 9.59 Å². The number of aromatic amines is 1. The van der Waals surface area contributed by atoms with Gasteiger partial charge >= 0.3 is 5.97 Å². The molecule has 1 unspecified atom stereocenters. The predicted octanol–water partition coefficient (Wildman–Crippen LogP) is 1.40. The number of nitrogens with zero attached hydrogens (tertiary/aromatic N) is 1. The molecule has 0 aromatic carbocycles. The molecule has 0 fully saturated rings. The van der Waals surface area contributed by atoms with Crippen molar-refractivity contribution in [3.8, 4) is 0 Å². The number of aromatic nitrogens is 2. The Balaban J connectivity index is 2.75. The van der Waals surface area contributed by atoms with E-state index in [4.69, 9.17) is 5.11 Å². The zero-order valence-electron chi connectivity index (χ0n) is 10.9. The number of H-pyrrole nitrogens is 1. The molecule has 1 aromatic rings. The molecule has 6 nitrogen and oxygen atoms in total. The Morgan fingerprint density at radius 3 is 2.56 bits per heavy atom. The van der Waals surface area contributed by atoms with Crippen LogP contribution in [0.3, 0.4) is 0 Å². The van der Waals surface area contributed by atoms with E-state index in [0.717, 1.165) is 12.8 Å². The summed E-state index contributed by atoms with van der Waals surface area (Å²) in [4.78, 5) is 23.0. The molecule has 1 aromatic heterocycles. The minimum atomic E-state index is -1.00. The van der Waals surface area contributed by atoms with Crippen molar-refractivity contribution in [2.45, 2.75) is 46.1 Å². The van der Waals surface area contributed by atoms with E-state index >= 15 is 0 Å². The molecule has 0 saturated carbocycles. The average Bonchev–Trinajstić information content (AvgIpc) is 2.63. The number of aliphatic carboxylic acids is 1. The van der Waals surface area contributed by atoms with Gasteiger partial charge in [0.15, 0.2) is 0 Å². The molecule has 0 saturated heterocycles. The van der Waals surface area contributed by atoms with Crippen molar-refractivity contribution >= 4 is 11.9 Å². The summed E-state index contributed by atoms with van der Waals surface area (Å²) in [5.41, 5.74) is 1.65. The van der Waals surface area contributed by atoms with Crippen LogP contribution in [0.25, 0.3) is 0 Å². The van der Waals surface area contributed by atoms with Crippen molar-refractivity contribution in [2.24, 2.45) is 0 Å². The largest absolute Gasteiger partial charge is 0.480 e. The number of carboxylic acid groups (broad SMARTS) is 1. The Labute approximate surface area is 106 Å². The van der Waals surface area contributed by atoms with Crippen LogP contribution in [0.2, 0.25) is 0 Å². The van der Waals surface area contributed by atoms with Gasteiger partial charge in [-0.15, -0.1) is 0 Å². The van der Waals surface area contributed by atoms with Crippen LogP contribution < -0.4 is 5.32 Å². The standard InChI is InChI=1S/C12H19N3O3/c1-4-5-6-9(12(17)18)13-11(16)10-7(2)14-15-8(10)3/h9H,4-6H2,1-3H3,(H,13,16)(H,14,15)(H,17,18). The van der Waals surface area contributed by atoms with Crippen LogP contribution in [-0.4, -0.2) is 33.2 Å². The van der Waals surface area contributed by atoms with E-state index in [1.54, 1.807) is 13.8 Å². The lowest BCUT2D eigenvalue weighted by Crippen LogP contribution is -2.41. The Morgan fingerprint density at radius 2 is 2.11 bits per heavy atom. The second-order valence-corrected chi connectivity index (χ2v) is 4.32. The molecule has 3 N–H and O–H groups in total. The lowest BCUT2D eigenvalue weighted by atomic mass is 10.1. The first-order chi connectivity index (χ1) is 8.47. The van der Waals surface area contributed by atoms with Crippen LogP contribution >= 0.6 is 0 Å². The molecule has 0 aliphatic carbocycles. The molecule has 100 valence electrons. The van der Waals surface area contributed by atoms with Gasteiger partial charge in [-0.1, -0.05) is 19.8 Å². The van der Waals surface area contributed by atoms with Gasteiger partial charge in [0.25, 0.3) is 5.91 Å². The highest BCUT2D eigenvalue weighted by molar-refractivity contribution is 5.98. The fourth-order valence-corrected chi connectivity index (χ4v) is 1.78. The second kappa shape index (κ2) is 6.18. The van der Waals surface area contributed by atoms with Crippen molar-refractivity contribution in [1.29, 1.82) is 0 Å². The van der Waals surface area contributed by atoms with Gasteiger partial charge in [0.2, 0.25) is 0 Å². The highest BCUT2D eigenvalue weighted by Gasteiger charge is 2.22. The monoisotopic (exact) mass is 253 g/mol. The number of nitrogens with one attached hydrogen (secondary N) is 2. The number of rotatable bonds is 6. The Kier molecular flexibility index (Phi) is 4.88. The van der Waals surface area contributed by atoms with Crippen LogP contribution in [0.4, 0.5) is 0 Å². The quantitative estimate of drug-likeness (QED) is 0.714. The number of carbonyl (C=O) groups excluding carboxylic acids is 1. The molecule has 0 bridgehead atoms. The third-order valence-electron chi connectivity index (χ3n) is 2.80. The van der Waals surface area contributed by atoms with Gasteiger partial charge < -0.3 is 10.4 Å². The van der Waals surface area contributed by atoms with Crippen molar-refractivity contribution in [3.05, 3.63) is 17.0 Å². The molecule has 0 aliphatic heterocycles. The van der Waals surface area contributed by atoms with Crippen LogP contribution in [0.15, 0.2) is 0 Å². The van der Waals surface area contributed by atoms with Crippen LogP contribution in [-0.2, 0) is 4.79 Å². The van der Waals surface area contributed by atoms with Gasteiger partial charge in [-0.05, 0) is 20.3 Å². The molecule has 1 atom stereocenters. The number of unbranched alkanes of at least 4 members (excludes halogenated alkanes) is 1. The molecular weight excluding hydrogens is 234 g/mol. The van der Waals surface area contributed by atoms with E-state index in [1.807, 2.05) is 6.92 Å². The molecular formula is C12H19N3O3. The summed E-state index contributed by atoms with van der Waals surface area (Å²) in [5.74, 6) is -1.39. The van der Waals surface area contributed by atoms with Crippen molar-refractivity contribution in [2.75, 3.05) is 0 Å². The minimum Gasteiger partial charge on any atom is -0.480 e. The summed E-state index contributed by atoms with van der Waals surface area (Å²) in [6.07, 6.45) is 2.09. The lowest BCUT2D eigenvalue weighted by molar-refractivity contribution is -0.139. The third-order valence-corrected chi connectivity index (χ3v) is 2.80. The van der Waals surface area contributed by atoms with E-state index in [-0.39, 0.29) is 5.91 Å². The first kappa shape index (κ1) is 14.2. The van der Waals surface area contributed by atoms with Gasteiger partial charge in [0.05, 0.1) is 11.3 Å². The van der Waals surface area contributed by atoms with Gasteiger partial charge in [-0.3, -0.25) is 9.89 Å². The summed E-state index contributed by atoms with van der Waals surface area (Å²) in [6.45, 7) is 5.42. The molecule has 1 amide bonds. The highest BCUT2D eigenvalue weighted by Crippen LogP contribution is 2.10. The maximum Gasteiger partial charge on any atom is 0.326 e. The second-order valence-electron chi connectivity index (χ2n) is 4.32. The number of hydrogen-bond donors (Lipinski definition) is 3. The fourth-order valence-electron chi connectivity index (χ4n) is 1.78. The maximum absolute atomic E-state index is 12.0. The number of hydrogen-bond acceptors (Lipinski definition) is 3. The Bertz CT molecular complexity index is 420. The maximum atomic E-state index is 12.0. The zero-order valence-corrected chi connectivity index (χ0v) is 10.9. The van der Waals surface area contributed by atoms with E-state index in [1.165, 1.54) is 0 Å². The fraction of sp³-hybridized carbons (Fsp3) is 0.583. The molecule has 1 rings (SSSR count). The number of aryl methyl sites for hydroxylation is 2. The normalized spacial score (nSPS) is 12.2. The van der Waals surface area contributed by atoms with Crippen molar-refractivity contribution < 1.29 is 14.7 Å². The van der Waals surface area contributed by atoms with Crippen molar-refractivity contribution in [3.63, 3.8) is 0 Å². The van der Waals surface area contributed by atoms with Gasteiger partial charge in [0.1, 0.15) is 6.04 Å². The van der Waals surface area contributed by atoms with E-state index in [0.29, 0.717) is 23.4 Å². The summed E-state index contributed by atoms with van der Waals surface area (Å²) >= 11 is 0. The summed E-state index contributed by atoms with van der Waals surface area (Å²) < 4.78 is 0. The topological polar surface area (TPSA) is 95.1 Å². The van der Waals surface area contributed by atoms with Gasteiger partial charge in [-0.2, -0.15) is 5.10 Å². The Hall–Kier alpha value is -1.85. The van der Waals surface area contributed by atoms with Gasteiger partial charge in [-0.25, -0.2) is 4.79 Å². The number of carbonyl (C=O) groups is 2. The smallest absolute Gasteiger partial charge is 0.326 e. The minimum absolute atomic E-state index is 0.387. The van der Waals surface area contributed by atoms with E-state index in [2.05, 4.69) is 15.5 Å². The first-order valence-corrected chi connectivity index (χ1v) is 6.02. The molecule has 0 spiro atoms. The summed E-state index contributed by atoms with van der Waals surface area (Å²) in [6, 6.07) is -0.842. The highest BCUT2D eigenvalue weighted by atomic mass is 16.4.